The molecule has 1 heteroatoms. The van der Waals surface area contributed by atoms with Gasteiger partial charge in [-0.3, -0.25) is 0 Å². The van der Waals surface area contributed by atoms with Crippen molar-refractivity contribution in [3.05, 3.63) is 36.2 Å². The monoisotopic (exact) mass is 102 g/mol. The fraction of sp³-hybridized carbons (Fsp3) is 0. The molecule has 0 N–H and O–H groups in total. The quantitative estimate of drug-likeness (QED) is 0.505. The zero-order valence-electron chi connectivity index (χ0n) is 4.67. The molecule has 0 aliphatic rings. The van der Waals surface area contributed by atoms with Crippen LogP contribution in [0.4, 0.5) is 0 Å². The predicted octanol–water partition coefficient (Wildman–Crippen LogP) is 1.67. The summed E-state index contributed by atoms with van der Waals surface area (Å²) in [6.07, 6.45) is 1.83. The van der Waals surface area contributed by atoms with Gasteiger partial charge in [0.25, 0.3) is 0 Å². The van der Waals surface area contributed by atoms with E-state index >= 15 is 0 Å². The molecule has 8 heavy (non-hydrogen) atoms. The Morgan fingerprint density at radius 3 is 2.75 bits per heavy atom. The third-order valence-corrected chi connectivity index (χ3v) is 1.04. The molecule has 1 aromatic heterocycles. The summed E-state index contributed by atoms with van der Waals surface area (Å²) >= 11 is 0. The van der Waals surface area contributed by atoms with Crippen molar-refractivity contribution >= 4 is 13.0 Å². The van der Waals surface area contributed by atoms with Crippen LogP contribution in [0.3, 0.4) is 0 Å². The Morgan fingerprint density at radius 1 is 1.50 bits per heavy atom. The predicted molar refractivity (Wildman–Crippen MR) is 37.9 cm³/mol. The van der Waals surface area contributed by atoms with Crippen molar-refractivity contribution < 1.29 is 0 Å². The molecule has 1 rings (SSSR count). The van der Waals surface area contributed by atoms with Gasteiger partial charge in [0.05, 0.1) is 0 Å². The average molecular weight is 102 g/mol. The van der Waals surface area contributed by atoms with E-state index in [4.69, 9.17) is 0 Å². The van der Waals surface area contributed by atoms with E-state index in [9.17, 15) is 0 Å². The first-order valence-electron chi connectivity index (χ1n) is 2.61. The van der Waals surface area contributed by atoms with E-state index in [2.05, 4.69) is 6.58 Å². The summed E-state index contributed by atoms with van der Waals surface area (Å²) in [7, 11) is 0. The molecule has 38 valence electrons. The first kappa shape index (κ1) is 5.29. The van der Waals surface area contributed by atoms with E-state index < -0.39 is 0 Å². The van der Waals surface area contributed by atoms with Crippen LogP contribution in [0, 0.1) is 0 Å². The Hall–Kier alpha value is -0.845. The van der Waals surface area contributed by atoms with Gasteiger partial charge < -0.3 is 0 Å². The van der Waals surface area contributed by atoms with Gasteiger partial charge in [-0.15, -0.1) is 0 Å². The van der Waals surface area contributed by atoms with Crippen LogP contribution in [0.5, 0.6) is 0 Å². The van der Waals surface area contributed by atoms with Crippen LogP contribution in [0.15, 0.2) is 30.7 Å². The van der Waals surface area contributed by atoms with Gasteiger partial charge in [-0.2, -0.15) is 0 Å². The standard InChI is InChI=1S/C7H7B/c1-2-7-5-3-4-6-8-7/h2-6H,1H2. The zero-order chi connectivity index (χ0) is 5.82. The number of hydrogen-bond acceptors (Lipinski definition) is 0. The van der Waals surface area contributed by atoms with Crippen LogP contribution in [-0.2, 0) is 0 Å². The second-order valence-electron chi connectivity index (χ2n) is 1.61. The Morgan fingerprint density at radius 2 is 2.38 bits per heavy atom. The summed E-state index contributed by atoms with van der Waals surface area (Å²) < 4.78 is 0. The molecule has 0 atom stereocenters. The van der Waals surface area contributed by atoms with Gasteiger partial charge in [0, 0.05) is 0 Å². The van der Waals surface area contributed by atoms with Crippen LogP contribution >= 0.6 is 0 Å². The van der Waals surface area contributed by atoms with Crippen molar-refractivity contribution in [1.29, 1.82) is 0 Å². The summed E-state index contributed by atoms with van der Waals surface area (Å²) in [4.78, 5) is 0. The normalized spacial score (nSPS) is 8.00. The minimum atomic E-state index is 1.17. The van der Waals surface area contributed by atoms with E-state index in [-0.39, 0.29) is 0 Å². The zero-order valence-corrected chi connectivity index (χ0v) is 4.67. The van der Waals surface area contributed by atoms with Crippen molar-refractivity contribution in [2.75, 3.05) is 0 Å². The molecule has 0 amide bonds. The molecule has 0 radical (unpaired) electrons. The Labute approximate surface area is 50.1 Å². The van der Waals surface area contributed by atoms with Gasteiger partial charge in [-0.05, 0) is 0 Å². The minimum absolute atomic E-state index is 1.17. The fourth-order valence-corrected chi connectivity index (χ4v) is 0.589. The number of hydrogen-bond donors (Lipinski definition) is 0. The third-order valence-electron chi connectivity index (χ3n) is 1.04. The Balaban J connectivity index is 2.99. The second kappa shape index (κ2) is 2.46. The molecule has 1 heterocycles. The molecule has 0 saturated carbocycles. The van der Waals surface area contributed by atoms with Crippen LogP contribution in [0.1, 0.15) is 5.46 Å². The van der Waals surface area contributed by atoms with Crippen LogP contribution in [0.2, 0.25) is 0 Å². The Bertz CT molecular complexity index is 167. The van der Waals surface area contributed by atoms with Crippen LogP contribution in [0.25, 0.3) is 6.08 Å². The molecule has 0 unspecified atom stereocenters. The molecule has 0 fully saturated rings. The molecule has 1 aromatic rings. The van der Waals surface area contributed by atoms with Crippen LogP contribution < -0.4 is 0 Å². The van der Waals surface area contributed by atoms with Crippen molar-refractivity contribution in [2.45, 2.75) is 0 Å². The first-order valence-corrected chi connectivity index (χ1v) is 2.61. The van der Waals surface area contributed by atoms with Crippen molar-refractivity contribution in [3.8, 4) is 0 Å². The summed E-state index contributed by atoms with van der Waals surface area (Å²) in [6, 6.07) is 6.01. The molecule has 0 spiro atoms. The van der Waals surface area contributed by atoms with Gasteiger partial charge >= 0.3 is 49.2 Å². The SMILES string of the molecule is C=Cc1bcccc1. The summed E-state index contributed by atoms with van der Waals surface area (Å²) in [6.45, 7) is 5.65. The third kappa shape index (κ3) is 1.06. The molecular weight excluding hydrogens is 94.9 g/mol. The van der Waals surface area contributed by atoms with Gasteiger partial charge in [0.1, 0.15) is 0 Å². The van der Waals surface area contributed by atoms with E-state index in [1.165, 1.54) is 5.46 Å². The molecule has 0 aliphatic carbocycles. The van der Waals surface area contributed by atoms with Crippen molar-refractivity contribution in [3.63, 3.8) is 0 Å². The Kier molecular flexibility index (Phi) is 1.63. The number of rotatable bonds is 1. The molecule has 0 saturated heterocycles. The summed E-state index contributed by atoms with van der Waals surface area (Å²) in [5.74, 6) is 2.00. The topological polar surface area (TPSA) is 0 Å². The maximum absolute atomic E-state index is 3.63. The van der Waals surface area contributed by atoms with E-state index in [0.29, 0.717) is 0 Å². The van der Waals surface area contributed by atoms with E-state index in [1.54, 1.807) is 0 Å². The van der Waals surface area contributed by atoms with Crippen LogP contribution in [-0.4, -0.2) is 6.91 Å². The van der Waals surface area contributed by atoms with Gasteiger partial charge in [0.15, 0.2) is 0 Å². The molecular formula is C7H7B. The second-order valence-corrected chi connectivity index (χ2v) is 1.61. The summed E-state index contributed by atoms with van der Waals surface area (Å²) in [5.41, 5.74) is 1.17. The molecule has 0 aliphatic heterocycles. The van der Waals surface area contributed by atoms with Gasteiger partial charge in [-0.25, -0.2) is 0 Å². The molecule has 0 bridgehead atoms. The average Bonchev–Trinajstić information content (AvgIpc) is 1.90. The molecule has 0 aromatic carbocycles. The van der Waals surface area contributed by atoms with Gasteiger partial charge in [-0.1, -0.05) is 0 Å². The van der Waals surface area contributed by atoms with E-state index in [1.807, 2.05) is 37.1 Å². The fourth-order valence-electron chi connectivity index (χ4n) is 0.589. The van der Waals surface area contributed by atoms with Gasteiger partial charge in [0.2, 0.25) is 0 Å². The van der Waals surface area contributed by atoms with Crippen molar-refractivity contribution in [2.24, 2.45) is 0 Å². The van der Waals surface area contributed by atoms with Crippen molar-refractivity contribution in [1.82, 2.24) is 0 Å². The molecule has 0 nitrogen and oxygen atoms in total. The first-order chi connectivity index (χ1) is 3.93. The maximum atomic E-state index is 3.63. The summed E-state index contributed by atoms with van der Waals surface area (Å²) in [5, 5.41) is 0. The van der Waals surface area contributed by atoms with E-state index in [0.717, 1.165) is 0 Å².